The summed E-state index contributed by atoms with van der Waals surface area (Å²) in [5.74, 6) is 0.257. The van der Waals surface area contributed by atoms with Gasteiger partial charge in [-0.1, -0.05) is 50.5 Å². The Morgan fingerprint density at radius 2 is 1.87 bits per heavy atom. The van der Waals surface area contributed by atoms with Gasteiger partial charge in [-0.05, 0) is 17.3 Å². The van der Waals surface area contributed by atoms with Crippen molar-refractivity contribution >= 4 is 21.8 Å². The number of hydrogen-bond donors (Lipinski definition) is 0. The van der Waals surface area contributed by atoms with Gasteiger partial charge in [-0.2, -0.15) is 0 Å². The zero-order valence-electron chi connectivity index (χ0n) is 10.4. The first-order chi connectivity index (χ1) is 6.65. The summed E-state index contributed by atoms with van der Waals surface area (Å²) in [4.78, 5) is 13.8. The number of amides is 1. The molecule has 0 saturated carbocycles. The molecular formula is C12H22BrNO. The van der Waals surface area contributed by atoms with Gasteiger partial charge in [0.25, 0.3) is 0 Å². The zero-order valence-corrected chi connectivity index (χ0v) is 12.0. The maximum absolute atomic E-state index is 11.8. The third kappa shape index (κ3) is 2.74. The predicted octanol–water partition coefficient (Wildman–Crippen LogP) is 3.05. The van der Waals surface area contributed by atoms with Gasteiger partial charge in [0.15, 0.2) is 0 Å². The molecule has 1 aliphatic heterocycles. The Morgan fingerprint density at radius 1 is 1.33 bits per heavy atom. The van der Waals surface area contributed by atoms with Crippen molar-refractivity contribution in [2.75, 3.05) is 13.1 Å². The molecule has 3 heteroatoms. The van der Waals surface area contributed by atoms with Crippen LogP contribution in [0.2, 0.25) is 0 Å². The molecule has 1 amide bonds. The molecule has 0 radical (unpaired) electrons. The van der Waals surface area contributed by atoms with Crippen molar-refractivity contribution in [3.05, 3.63) is 0 Å². The lowest BCUT2D eigenvalue weighted by molar-refractivity contribution is -0.129. The summed E-state index contributed by atoms with van der Waals surface area (Å²) < 4.78 is 0. The number of hydrogen-bond acceptors (Lipinski definition) is 1. The molecule has 0 spiro atoms. The van der Waals surface area contributed by atoms with E-state index in [0.29, 0.717) is 0 Å². The van der Waals surface area contributed by atoms with E-state index in [9.17, 15) is 4.79 Å². The quantitative estimate of drug-likeness (QED) is 0.710. The van der Waals surface area contributed by atoms with Gasteiger partial charge in [-0.3, -0.25) is 4.79 Å². The van der Waals surface area contributed by atoms with Crippen LogP contribution in [0.25, 0.3) is 0 Å². The van der Waals surface area contributed by atoms with Gasteiger partial charge in [0.05, 0.1) is 4.83 Å². The summed E-state index contributed by atoms with van der Waals surface area (Å²) in [5.41, 5.74) is 0.372. The monoisotopic (exact) mass is 275 g/mol. The van der Waals surface area contributed by atoms with Crippen LogP contribution < -0.4 is 0 Å². The Bertz CT molecular complexity index is 255. The summed E-state index contributed by atoms with van der Waals surface area (Å²) in [6.07, 6.45) is 0.944. The maximum atomic E-state index is 11.8. The SMILES string of the molecule is CC(C)(C)C(C)(C)CN1CCC(Br)C1=O. The van der Waals surface area contributed by atoms with E-state index in [4.69, 9.17) is 0 Å². The summed E-state index contributed by atoms with van der Waals surface area (Å²) >= 11 is 3.41. The number of alkyl halides is 1. The van der Waals surface area contributed by atoms with Crippen molar-refractivity contribution in [3.63, 3.8) is 0 Å². The fraction of sp³-hybridized carbons (Fsp3) is 0.917. The molecule has 1 unspecified atom stereocenters. The second-order valence-corrected chi connectivity index (χ2v) is 7.26. The Balaban J connectivity index is 2.67. The molecule has 0 aliphatic carbocycles. The van der Waals surface area contributed by atoms with Gasteiger partial charge in [0.1, 0.15) is 0 Å². The highest BCUT2D eigenvalue weighted by Crippen LogP contribution is 2.39. The van der Waals surface area contributed by atoms with Crippen LogP contribution >= 0.6 is 15.9 Å². The first-order valence-electron chi connectivity index (χ1n) is 5.58. The molecule has 1 saturated heterocycles. The van der Waals surface area contributed by atoms with Crippen molar-refractivity contribution in [2.24, 2.45) is 10.8 Å². The van der Waals surface area contributed by atoms with Gasteiger partial charge in [-0.15, -0.1) is 0 Å². The average Bonchev–Trinajstić information content (AvgIpc) is 2.33. The van der Waals surface area contributed by atoms with Gasteiger partial charge < -0.3 is 4.90 Å². The predicted molar refractivity (Wildman–Crippen MR) is 67.1 cm³/mol. The number of carbonyl (C=O) groups excluding carboxylic acids is 1. The molecule has 0 aromatic rings. The molecule has 1 rings (SSSR count). The van der Waals surface area contributed by atoms with Crippen molar-refractivity contribution in [3.8, 4) is 0 Å². The smallest absolute Gasteiger partial charge is 0.236 e. The highest BCUT2D eigenvalue weighted by atomic mass is 79.9. The van der Waals surface area contributed by atoms with Crippen LogP contribution in [0, 0.1) is 10.8 Å². The van der Waals surface area contributed by atoms with E-state index in [1.807, 2.05) is 4.90 Å². The first-order valence-corrected chi connectivity index (χ1v) is 6.49. The van der Waals surface area contributed by atoms with E-state index in [2.05, 4.69) is 50.5 Å². The van der Waals surface area contributed by atoms with Gasteiger partial charge in [0.2, 0.25) is 5.91 Å². The standard InChI is InChI=1S/C12H22BrNO/c1-11(2,3)12(4,5)8-14-7-6-9(13)10(14)15/h9H,6-8H2,1-5H3. The Morgan fingerprint density at radius 3 is 2.20 bits per heavy atom. The van der Waals surface area contributed by atoms with Crippen molar-refractivity contribution in [1.29, 1.82) is 0 Å². The van der Waals surface area contributed by atoms with E-state index >= 15 is 0 Å². The Hall–Kier alpha value is -0.0500. The summed E-state index contributed by atoms with van der Waals surface area (Å²) in [5, 5.41) is 0. The van der Waals surface area contributed by atoms with E-state index in [0.717, 1.165) is 19.5 Å². The van der Waals surface area contributed by atoms with E-state index in [-0.39, 0.29) is 21.6 Å². The van der Waals surface area contributed by atoms with Crippen LogP contribution in [0.3, 0.4) is 0 Å². The number of likely N-dealkylation sites (tertiary alicyclic amines) is 1. The van der Waals surface area contributed by atoms with Crippen LogP contribution in [0.5, 0.6) is 0 Å². The fourth-order valence-electron chi connectivity index (χ4n) is 1.57. The van der Waals surface area contributed by atoms with Crippen LogP contribution in [0.4, 0.5) is 0 Å². The van der Waals surface area contributed by atoms with Crippen LogP contribution in [0.15, 0.2) is 0 Å². The normalized spacial score (nSPS) is 23.7. The lowest BCUT2D eigenvalue weighted by Crippen LogP contribution is -2.43. The second kappa shape index (κ2) is 4.08. The minimum Gasteiger partial charge on any atom is -0.341 e. The van der Waals surface area contributed by atoms with Crippen LogP contribution in [-0.4, -0.2) is 28.7 Å². The lowest BCUT2D eigenvalue weighted by Gasteiger charge is -2.41. The molecule has 0 N–H and O–H groups in total. The van der Waals surface area contributed by atoms with Crippen molar-refractivity contribution in [1.82, 2.24) is 4.90 Å². The summed E-state index contributed by atoms with van der Waals surface area (Å²) in [6, 6.07) is 0. The molecule has 1 atom stereocenters. The zero-order chi connectivity index (χ0) is 11.9. The van der Waals surface area contributed by atoms with Crippen LogP contribution in [0.1, 0.15) is 41.0 Å². The Kier molecular flexibility index (Phi) is 3.54. The van der Waals surface area contributed by atoms with Gasteiger partial charge >= 0.3 is 0 Å². The number of rotatable bonds is 2. The summed E-state index contributed by atoms with van der Waals surface area (Å²) in [6.45, 7) is 12.9. The highest BCUT2D eigenvalue weighted by molar-refractivity contribution is 9.10. The third-order valence-corrected chi connectivity index (χ3v) is 4.70. The molecule has 88 valence electrons. The topological polar surface area (TPSA) is 20.3 Å². The van der Waals surface area contributed by atoms with Crippen molar-refractivity contribution < 1.29 is 4.79 Å². The molecule has 0 aromatic carbocycles. The van der Waals surface area contributed by atoms with Gasteiger partial charge in [0, 0.05) is 13.1 Å². The van der Waals surface area contributed by atoms with E-state index in [1.54, 1.807) is 0 Å². The minimum absolute atomic E-state index is 0.0493. The third-order valence-electron chi connectivity index (χ3n) is 3.85. The average molecular weight is 276 g/mol. The molecule has 1 aliphatic rings. The molecule has 1 heterocycles. The fourth-order valence-corrected chi connectivity index (χ4v) is 2.07. The summed E-state index contributed by atoms with van der Waals surface area (Å²) in [7, 11) is 0. The number of carbonyl (C=O) groups is 1. The molecule has 1 fully saturated rings. The largest absolute Gasteiger partial charge is 0.341 e. The Labute approximate surface area is 102 Å². The van der Waals surface area contributed by atoms with Gasteiger partial charge in [-0.25, -0.2) is 0 Å². The van der Waals surface area contributed by atoms with E-state index in [1.165, 1.54) is 0 Å². The second-order valence-electron chi connectivity index (χ2n) is 6.15. The number of halogens is 1. The first kappa shape index (κ1) is 13.0. The van der Waals surface area contributed by atoms with E-state index < -0.39 is 0 Å². The van der Waals surface area contributed by atoms with Crippen LogP contribution in [-0.2, 0) is 4.79 Å². The molecule has 0 aromatic heterocycles. The number of nitrogens with zero attached hydrogens (tertiary/aromatic N) is 1. The van der Waals surface area contributed by atoms with Crippen molar-refractivity contribution in [2.45, 2.75) is 45.9 Å². The minimum atomic E-state index is 0.0493. The molecular weight excluding hydrogens is 254 g/mol. The maximum Gasteiger partial charge on any atom is 0.236 e. The molecule has 15 heavy (non-hydrogen) atoms. The highest BCUT2D eigenvalue weighted by Gasteiger charge is 2.38. The lowest BCUT2D eigenvalue weighted by atomic mass is 9.69. The molecule has 2 nitrogen and oxygen atoms in total. The molecule has 0 bridgehead atoms.